The van der Waals surface area contributed by atoms with E-state index in [4.69, 9.17) is 0 Å². The third-order valence-corrected chi connectivity index (χ3v) is 4.60. The second kappa shape index (κ2) is 6.62. The minimum absolute atomic E-state index is 0.0724. The molecule has 0 spiro atoms. The van der Waals surface area contributed by atoms with Crippen molar-refractivity contribution in [3.05, 3.63) is 65.0 Å². The standard InChI is InChI=1S/C18H18FN5O2/c19-14-4-6-15(7-5-14)21-9-11-22(12-10-21)17(25)13-24-18(26)23-8-2-1-3-16(23)20-24/h1-8H,9-13H2. The molecule has 3 heterocycles. The molecule has 8 heteroatoms. The minimum Gasteiger partial charge on any atom is -0.368 e. The van der Waals surface area contributed by atoms with E-state index in [1.807, 2.05) is 0 Å². The summed E-state index contributed by atoms with van der Waals surface area (Å²) >= 11 is 0. The molecule has 26 heavy (non-hydrogen) atoms. The fourth-order valence-corrected chi connectivity index (χ4v) is 3.17. The van der Waals surface area contributed by atoms with Gasteiger partial charge in [0.2, 0.25) is 5.91 Å². The van der Waals surface area contributed by atoms with Crippen molar-refractivity contribution < 1.29 is 9.18 Å². The molecule has 2 aromatic heterocycles. The zero-order chi connectivity index (χ0) is 18.1. The topological polar surface area (TPSA) is 62.9 Å². The van der Waals surface area contributed by atoms with Gasteiger partial charge in [0.1, 0.15) is 12.4 Å². The lowest BCUT2D eigenvalue weighted by atomic mass is 10.2. The molecule has 1 aromatic carbocycles. The molecule has 7 nitrogen and oxygen atoms in total. The molecular weight excluding hydrogens is 337 g/mol. The summed E-state index contributed by atoms with van der Waals surface area (Å²) in [4.78, 5) is 28.6. The largest absolute Gasteiger partial charge is 0.368 e. The van der Waals surface area contributed by atoms with Gasteiger partial charge in [0.15, 0.2) is 5.65 Å². The first-order chi connectivity index (χ1) is 12.6. The molecule has 0 saturated carbocycles. The van der Waals surface area contributed by atoms with Crippen molar-refractivity contribution in [1.29, 1.82) is 0 Å². The SMILES string of the molecule is O=C(Cn1nc2ccccn2c1=O)N1CCN(c2ccc(F)cc2)CC1. The number of hydrogen-bond donors (Lipinski definition) is 0. The van der Waals surface area contributed by atoms with Gasteiger partial charge in [0.05, 0.1) is 0 Å². The van der Waals surface area contributed by atoms with Crippen molar-refractivity contribution in [1.82, 2.24) is 19.1 Å². The Hall–Kier alpha value is -3.16. The number of carbonyl (C=O) groups excluding carboxylic acids is 1. The van der Waals surface area contributed by atoms with E-state index in [0.29, 0.717) is 31.8 Å². The van der Waals surface area contributed by atoms with E-state index < -0.39 is 0 Å². The van der Waals surface area contributed by atoms with E-state index in [1.54, 1.807) is 41.4 Å². The van der Waals surface area contributed by atoms with Crippen molar-refractivity contribution in [2.24, 2.45) is 0 Å². The van der Waals surface area contributed by atoms with Crippen LogP contribution in [0.1, 0.15) is 0 Å². The second-order valence-corrected chi connectivity index (χ2v) is 6.21. The lowest BCUT2D eigenvalue weighted by Gasteiger charge is -2.36. The Bertz CT molecular complexity index is 987. The van der Waals surface area contributed by atoms with Crippen LogP contribution in [-0.4, -0.2) is 51.2 Å². The molecule has 0 unspecified atom stereocenters. The average Bonchev–Trinajstić information content (AvgIpc) is 2.98. The van der Waals surface area contributed by atoms with E-state index in [-0.39, 0.29) is 24.0 Å². The summed E-state index contributed by atoms with van der Waals surface area (Å²) in [6.45, 7) is 2.36. The van der Waals surface area contributed by atoms with Gasteiger partial charge in [-0.1, -0.05) is 6.07 Å². The monoisotopic (exact) mass is 355 g/mol. The summed E-state index contributed by atoms with van der Waals surface area (Å²) in [6.07, 6.45) is 1.63. The maximum Gasteiger partial charge on any atom is 0.350 e. The van der Waals surface area contributed by atoms with Crippen LogP contribution in [0.3, 0.4) is 0 Å². The first kappa shape index (κ1) is 16.3. The summed E-state index contributed by atoms with van der Waals surface area (Å²) in [5.41, 5.74) is 1.14. The zero-order valence-electron chi connectivity index (χ0n) is 14.1. The highest BCUT2D eigenvalue weighted by Crippen LogP contribution is 2.17. The molecule has 1 aliphatic rings. The molecule has 0 atom stereocenters. The lowest BCUT2D eigenvalue weighted by Crippen LogP contribution is -2.50. The third kappa shape index (κ3) is 3.05. The number of piperazine rings is 1. The predicted molar refractivity (Wildman–Crippen MR) is 94.6 cm³/mol. The van der Waals surface area contributed by atoms with Gasteiger partial charge in [0.25, 0.3) is 0 Å². The average molecular weight is 355 g/mol. The Morgan fingerprint density at radius 3 is 2.46 bits per heavy atom. The first-order valence-corrected chi connectivity index (χ1v) is 8.44. The maximum atomic E-state index is 13.0. The fraction of sp³-hybridized carbons (Fsp3) is 0.278. The molecule has 0 aliphatic carbocycles. The van der Waals surface area contributed by atoms with Crippen molar-refractivity contribution in [2.45, 2.75) is 6.54 Å². The molecule has 4 rings (SSSR count). The Balaban J connectivity index is 1.41. The number of benzene rings is 1. The van der Waals surface area contributed by atoms with Gasteiger partial charge in [0, 0.05) is 38.1 Å². The molecule has 1 fully saturated rings. The Morgan fingerprint density at radius 2 is 1.77 bits per heavy atom. The molecular formula is C18H18FN5O2. The number of carbonyl (C=O) groups is 1. The summed E-state index contributed by atoms with van der Waals surface area (Å²) in [7, 11) is 0. The summed E-state index contributed by atoms with van der Waals surface area (Å²) in [6, 6.07) is 11.6. The highest BCUT2D eigenvalue weighted by atomic mass is 19.1. The van der Waals surface area contributed by atoms with Crippen LogP contribution >= 0.6 is 0 Å². The summed E-state index contributed by atoms with van der Waals surface area (Å²) in [5.74, 6) is -0.394. The van der Waals surface area contributed by atoms with Crippen LogP contribution in [0.5, 0.6) is 0 Å². The molecule has 0 N–H and O–H groups in total. The number of halogens is 1. The molecule has 3 aromatic rings. The number of rotatable bonds is 3. The maximum absolute atomic E-state index is 13.0. The Morgan fingerprint density at radius 1 is 1.04 bits per heavy atom. The number of aromatic nitrogens is 3. The van der Waals surface area contributed by atoms with Gasteiger partial charge in [-0.05, 0) is 36.4 Å². The van der Waals surface area contributed by atoms with Gasteiger partial charge in [-0.15, -0.1) is 5.10 Å². The highest BCUT2D eigenvalue weighted by Gasteiger charge is 2.22. The van der Waals surface area contributed by atoms with Crippen molar-refractivity contribution in [2.75, 3.05) is 31.1 Å². The van der Waals surface area contributed by atoms with E-state index >= 15 is 0 Å². The number of nitrogens with zero attached hydrogens (tertiary/aromatic N) is 5. The van der Waals surface area contributed by atoms with E-state index in [0.717, 1.165) is 5.69 Å². The van der Waals surface area contributed by atoms with Crippen LogP contribution in [0, 0.1) is 5.82 Å². The number of fused-ring (bicyclic) bond motifs is 1. The first-order valence-electron chi connectivity index (χ1n) is 8.44. The van der Waals surface area contributed by atoms with Crippen LogP contribution < -0.4 is 10.6 Å². The lowest BCUT2D eigenvalue weighted by molar-refractivity contribution is -0.132. The summed E-state index contributed by atoms with van der Waals surface area (Å²) < 4.78 is 15.6. The molecule has 1 aliphatic heterocycles. The van der Waals surface area contributed by atoms with Crippen molar-refractivity contribution in [3.8, 4) is 0 Å². The highest BCUT2D eigenvalue weighted by molar-refractivity contribution is 5.76. The van der Waals surface area contributed by atoms with Crippen molar-refractivity contribution in [3.63, 3.8) is 0 Å². The molecule has 134 valence electrons. The number of hydrogen-bond acceptors (Lipinski definition) is 4. The van der Waals surface area contributed by atoms with Gasteiger partial charge in [-0.25, -0.2) is 13.9 Å². The zero-order valence-corrected chi connectivity index (χ0v) is 14.1. The minimum atomic E-state index is -0.320. The van der Waals surface area contributed by atoms with Gasteiger partial charge >= 0.3 is 5.69 Å². The molecule has 0 radical (unpaired) electrons. The van der Waals surface area contributed by atoms with E-state index in [9.17, 15) is 14.0 Å². The fourth-order valence-electron chi connectivity index (χ4n) is 3.17. The van der Waals surface area contributed by atoms with E-state index in [2.05, 4.69) is 10.00 Å². The van der Waals surface area contributed by atoms with Gasteiger partial charge in [-0.3, -0.25) is 9.20 Å². The van der Waals surface area contributed by atoms with Crippen LogP contribution in [0.15, 0.2) is 53.5 Å². The number of amides is 1. The number of pyridine rings is 1. The smallest absolute Gasteiger partial charge is 0.350 e. The van der Waals surface area contributed by atoms with Crippen LogP contribution in [0.4, 0.5) is 10.1 Å². The molecule has 1 amide bonds. The number of anilines is 1. The normalized spacial score (nSPS) is 14.8. The Labute approximate surface area is 148 Å². The van der Waals surface area contributed by atoms with Crippen LogP contribution in [-0.2, 0) is 11.3 Å². The van der Waals surface area contributed by atoms with Crippen molar-refractivity contribution >= 4 is 17.2 Å². The quantitative estimate of drug-likeness (QED) is 0.703. The predicted octanol–water partition coefficient (Wildman–Crippen LogP) is 0.984. The van der Waals surface area contributed by atoms with Gasteiger partial charge < -0.3 is 9.80 Å². The van der Waals surface area contributed by atoms with E-state index in [1.165, 1.54) is 21.2 Å². The second-order valence-electron chi connectivity index (χ2n) is 6.21. The Kier molecular flexibility index (Phi) is 4.16. The molecule has 0 bridgehead atoms. The van der Waals surface area contributed by atoms with Crippen LogP contribution in [0.2, 0.25) is 0 Å². The van der Waals surface area contributed by atoms with Gasteiger partial charge in [-0.2, -0.15) is 0 Å². The van der Waals surface area contributed by atoms with Crippen LogP contribution in [0.25, 0.3) is 5.65 Å². The molecule has 1 saturated heterocycles. The summed E-state index contributed by atoms with van der Waals surface area (Å²) in [5, 5.41) is 4.19. The third-order valence-electron chi connectivity index (χ3n) is 4.60.